The lowest BCUT2D eigenvalue weighted by molar-refractivity contribution is -0.131. The first kappa shape index (κ1) is 23.8. The quantitative estimate of drug-likeness (QED) is 0.587. The first-order valence-corrected chi connectivity index (χ1v) is 11.7. The van der Waals surface area contributed by atoms with Crippen LogP contribution in [0.25, 0.3) is 0 Å². The molecule has 0 N–H and O–H groups in total. The topological polar surface area (TPSA) is 26.8 Å². The number of likely N-dealkylation sites (tertiary alicyclic amines) is 1. The van der Waals surface area contributed by atoms with Gasteiger partial charge in [-0.1, -0.05) is 38.3 Å². The van der Waals surface area contributed by atoms with Crippen molar-refractivity contribution in [3.05, 3.63) is 48.9 Å². The molecule has 162 valence electrons. The number of piperidine rings is 1. The molecule has 3 aliphatic rings. The van der Waals surface area contributed by atoms with Crippen molar-refractivity contribution in [3.8, 4) is 0 Å². The fourth-order valence-corrected chi connectivity index (χ4v) is 5.76. The summed E-state index contributed by atoms with van der Waals surface area (Å²) in [4.78, 5) is 19.3. The van der Waals surface area contributed by atoms with Gasteiger partial charge < -0.3 is 14.7 Å². The van der Waals surface area contributed by atoms with Crippen LogP contribution >= 0.6 is 11.8 Å². The summed E-state index contributed by atoms with van der Waals surface area (Å²) in [5.41, 5.74) is 2.46. The molecule has 0 aliphatic carbocycles. The van der Waals surface area contributed by atoms with E-state index >= 15 is 0 Å². The third-order valence-corrected chi connectivity index (χ3v) is 7.64. The molecule has 3 rings (SSSR count). The number of carbonyl (C=O) groups is 1. The maximum absolute atomic E-state index is 12.7. The monoisotopic (exact) mass is 417 g/mol. The average molecular weight is 418 g/mol. The van der Waals surface area contributed by atoms with E-state index in [0.717, 1.165) is 44.6 Å². The SMILES string of the molecule is C=C/C=C\CC.C=C1CC(CCC(=O)N2CC3(CCN(C)CC3)SC2C)=CN1C. The van der Waals surface area contributed by atoms with Crippen molar-refractivity contribution in [2.24, 2.45) is 0 Å². The highest BCUT2D eigenvalue weighted by molar-refractivity contribution is 8.01. The fourth-order valence-electron chi connectivity index (χ4n) is 4.09. The van der Waals surface area contributed by atoms with E-state index in [1.807, 2.05) is 24.9 Å². The maximum Gasteiger partial charge on any atom is 0.223 e. The van der Waals surface area contributed by atoms with E-state index in [-0.39, 0.29) is 0 Å². The lowest BCUT2D eigenvalue weighted by atomic mass is 9.95. The smallest absolute Gasteiger partial charge is 0.223 e. The van der Waals surface area contributed by atoms with E-state index in [0.29, 0.717) is 22.4 Å². The molecule has 0 bridgehead atoms. The van der Waals surface area contributed by atoms with Crippen LogP contribution in [0.15, 0.2) is 48.9 Å². The van der Waals surface area contributed by atoms with Crippen LogP contribution in [0.2, 0.25) is 0 Å². The van der Waals surface area contributed by atoms with Crippen molar-refractivity contribution < 1.29 is 4.79 Å². The van der Waals surface area contributed by atoms with Gasteiger partial charge in [0.25, 0.3) is 0 Å². The van der Waals surface area contributed by atoms with Gasteiger partial charge in [0.15, 0.2) is 0 Å². The molecule has 0 aromatic carbocycles. The molecule has 4 nitrogen and oxygen atoms in total. The highest BCUT2D eigenvalue weighted by atomic mass is 32.2. The second-order valence-corrected chi connectivity index (χ2v) is 10.2. The zero-order valence-electron chi connectivity index (χ0n) is 18.8. The van der Waals surface area contributed by atoms with Gasteiger partial charge in [0.2, 0.25) is 5.91 Å². The number of allylic oxidation sites excluding steroid dienone is 4. The predicted octanol–water partition coefficient (Wildman–Crippen LogP) is 5.02. The van der Waals surface area contributed by atoms with Crippen molar-refractivity contribution in [2.75, 3.05) is 33.7 Å². The molecule has 1 atom stereocenters. The second-order valence-electron chi connectivity index (χ2n) is 8.44. The van der Waals surface area contributed by atoms with Gasteiger partial charge in [-0.3, -0.25) is 4.79 Å². The van der Waals surface area contributed by atoms with Crippen LogP contribution in [0.1, 0.15) is 52.4 Å². The van der Waals surface area contributed by atoms with Crippen LogP contribution in [0.4, 0.5) is 0 Å². The minimum absolute atomic E-state index is 0.308. The highest BCUT2D eigenvalue weighted by Crippen LogP contribution is 2.46. The summed E-state index contributed by atoms with van der Waals surface area (Å²) in [5.74, 6) is 0.321. The van der Waals surface area contributed by atoms with Gasteiger partial charge in [0.05, 0.1) is 5.37 Å². The van der Waals surface area contributed by atoms with Gasteiger partial charge in [-0.05, 0) is 58.3 Å². The van der Waals surface area contributed by atoms with Gasteiger partial charge in [-0.25, -0.2) is 0 Å². The van der Waals surface area contributed by atoms with E-state index in [1.165, 1.54) is 18.4 Å². The Labute approximate surface area is 182 Å². The van der Waals surface area contributed by atoms with Crippen LogP contribution in [0, 0.1) is 0 Å². The molecule has 3 heterocycles. The molecule has 0 radical (unpaired) electrons. The number of thioether (sulfide) groups is 1. The van der Waals surface area contributed by atoms with Crippen molar-refractivity contribution in [3.63, 3.8) is 0 Å². The Hall–Kier alpha value is -1.46. The summed E-state index contributed by atoms with van der Waals surface area (Å²) >= 11 is 2.03. The zero-order valence-corrected chi connectivity index (χ0v) is 19.6. The molecular weight excluding hydrogens is 378 g/mol. The van der Waals surface area contributed by atoms with Crippen molar-refractivity contribution in [1.29, 1.82) is 0 Å². The van der Waals surface area contributed by atoms with Crippen molar-refractivity contribution in [2.45, 2.75) is 62.5 Å². The van der Waals surface area contributed by atoms with Crippen LogP contribution in [-0.4, -0.2) is 64.5 Å². The molecule has 29 heavy (non-hydrogen) atoms. The molecule has 1 amide bonds. The summed E-state index contributed by atoms with van der Waals surface area (Å²) < 4.78 is 0.308. The van der Waals surface area contributed by atoms with E-state index in [2.05, 4.69) is 61.0 Å². The average Bonchev–Trinajstić information content (AvgIpc) is 3.20. The molecule has 3 aliphatic heterocycles. The molecule has 2 saturated heterocycles. The normalized spacial score (nSPS) is 24.1. The third kappa shape index (κ3) is 6.78. The van der Waals surface area contributed by atoms with Gasteiger partial charge in [-0.2, -0.15) is 0 Å². The standard InChI is InChI=1S/C18H29N3OS.C6H10/c1-14-11-16(12-20(14)4)5-6-17(22)21-13-18(23-15(21)2)7-9-19(3)10-8-18;1-3-5-6-4-2/h12,15H,1,5-11,13H2,2-4H3;3,5-6H,1,4H2,2H3/b;6-5-. The van der Waals surface area contributed by atoms with Crippen LogP contribution in [0.5, 0.6) is 0 Å². The van der Waals surface area contributed by atoms with Gasteiger partial charge >= 0.3 is 0 Å². The molecule has 0 aromatic rings. The van der Waals surface area contributed by atoms with E-state index in [1.54, 1.807) is 6.08 Å². The predicted molar refractivity (Wildman–Crippen MR) is 127 cm³/mol. The Balaban J connectivity index is 0.000000438. The van der Waals surface area contributed by atoms with Gasteiger partial charge in [0.1, 0.15) is 0 Å². The Morgan fingerprint density at radius 3 is 2.55 bits per heavy atom. The summed E-state index contributed by atoms with van der Waals surface area (Å²) in [6, 6.07) is 0. The van der Waals surface area contributed by atoms with Gasteiger partial charge in [0, 0.05) is 43.1 Å². The van der Waals surface area contributed by atoms with E-state index in [9.17, 15) is 4.79 Å². The Morgan fingerprint density at radius 2 is 2.03 bits per heavy atom. The Morgan fingerprint density at radius 1 is 1.34 bits per heavy atom. The van der Waals surface area contributed by atoms with E-state index < -0.39 is 0 Å². The first-order valence-electron chi connectivity index (χ1n) is 10.8. The third-order valence-electron chi connectivity index (χ3n) is 6.01. The first-order chi connectivity index (χ1) is 13.8. The van der Waals surface area contributed by atoms with Gasteiger partial charge in [-0.15, -0.1) is 11.8 Å². The molecule has 1 unspecified atom stereocenters. The lowest BCUT2D eigenvalue weighted by Gasteiger charge is -2.36. The largest absolute Gasteiger partial charge is 0.355 e. The number of hydrogen-bond donors (Lipinski definition) is 0. The Kier molecular flexibility index (Phi) is 9.09. The molecule has 1 spiro atoms. The molecule has 0 saturated carbocycles. The summed E-state index contributed by atoms with van der Waals surface area (Å²) in [7, 11) is 4.22. The molecule has 0 aromatic heterocycles. The number of carbonyl (C=O) groups excluding carboxylic acids is 1. The lowest BCUT2D eigenvalue weighted by Crippen LogP contribution is -2.44. The molecule has 5 heteroatoms. The van der Waals surface area contributed by atoms with Crippen LogP contribution < -0.4 is 0 Å². The molecular formula is C24H39N3OS. The van der Waals surface area contributed by atoms with Crippen LogP contribution in [-0.2, 0) is 4.79 Å². The fraction of sp³-hybridized carbons (Fsp3) is 0.625. The number of rotatable bonds is 5. The Bertz CT molecular complexity index is 647. The maximum atomic E-state index is 12.7. The van der Waals surface area contributed by atoms with Crippen molar-refractivity contribution in [1.82, 2.24) is 14.7 Å². The summed E-state index contributed by atoms with van der Waals surface area (Å²) in [5, 5.41) is 0.320. The molecule has 2 fully saturated rings. The number of amides is 1. The summed E-state index contributed by atoms with van der Waals surface area (Å²) in [6.07, 6.45) is 13.9. The number of nitrogens with zero attached hydrogens (tertiary/aromatic N) is 3. The van der Waals surface area contributed by atoms with Crippen molar-refractivity contribution >= 4 is 17.7 Å². The minimum atomic E-state index is 0.308. The van der Waals surface area contributed by atoms with Crippen LogP contribution in [0.3, 0.4) is 0 Å². The zero-order chi connectivity index (χ0) is 21.4. The van der Waals surface area contributed by atoms with E-state index in [4.69, 9.17) is 0 Å². The summed E-state index contributed by atoms with van der Waals surface area (Å²) in [6.45, 7) is 15.1. The highest BCUT2D eigenvalue weighted by Gasteiger charge is 2.45. The second kappa shape index (κ2) is 11.1. The minimum Gasteiger partial charge on any atom is -0.355 e. The number of hydrogen-bond acceptors (Lipinski definition) is 4.